The van der Waals surface area contributed by atoms with Gasteiger partial charge in [-0.1, -0.05) is 81.2 Å². The van der Waals surface area contributed by atoms with Crippen LogP contribution in [0.15, 0.2) is 49.1 Å². The van der Waals surface area contributed by atoms with E-state index >= 15 is 0 Å². The van der Waals surface area contributed by atoms with Crippen molar-refractivity contribution in [3.05, 3.63) is 49.1 Å². The zero-order valence-corrected chi connectivity index (χ0v) is 13.0. The molecule has 0 unspecified atom stereocenters. The standard InChI is InChI=1S/C19H32O/c1-2-3-4-5-6-7-8-9-10-11-12-13-14-15-16-17-18-19-20/h2-4,6-7,9-10,20H,1,5,8,11-19H2/b4-3-,7-6-,10-9-. The van der Waals surface area contributed by atoms with Crippen LogP contribution in [-0.2, 0) is 0 Å². The Bertz CT molecular complexity index is 273. The highest BCUT2D eigenvalue weighted by Crippen LogP contribution is 2.08. The number of aliphatic hydroxyl groups excluding tert-OH is 1. The molecule has 0 aliphatic heterocycles. The Kier molecular flexibility index (Phi) is 17.0. The maximum Gasteiger partial charge on any atom is 0.0431 e. The van der Waals surface area contributed by atoms with Crippen molar-refractivity contribution < 1.29 is 5.11 Å². The van der Waals surface area contributed by atoms with Crippen molar-refractivity contribution in [2.24, 2.45) is 0 Å². The van der Waals surface area contributed by atoms with Crippen molar-refractivity contribution in [2.75, 3.05) is 6.61 Å². The fraction of sp³-hybridized carbons (Fsp3) is 0.579. The van der Waals surface area contributed by atoms with Gasteiger partial charge in [0.1, 0.15) is 0 Å². The lowest BCUT2D eigenvalue weighted by Gasteiger charge is -1.99. The molecular formula is C19H32O. The highest BCUT2D eigenvalue weighted by atomic mass is 16.2. The molecule has 0 radical (unpaired) electrons. The second-order valence-corrected chi connectivity index (χ2v) is 5.07. The van der Waals surface area contributed by atoms with Crippen LogP contribution in [0.2, 0.25) is 0 Å². The third kappa shape index (κ3) is 16.9. The van der Waals surface area contributed by atoms with E-state index in [-0.39, 0.29) is 0 Å². The SMILES string of the molecule is C=C/C=C\C/C=C\C/C=C\CCCCCCCCCO. The first-order valence-corrected chi connectivity index (χ1v) is 8.10. The van der Waals surface area contributed by atoms with E-state index in [0.29, 0.717) is 6.61 Å². The molecule has 0 bridgehead atoms. The van der Waals surface area contributed by atoms with Crippen molar-refractivity contribution in [1.82, 2.24) is 0 Å². The molecule has 1 heteroatoms. The van der Waals surface area contributed by atoms with Crippen LogP contribution in [0.4, 0.5) is 0 Å². The molecule has 0 aromatic carbocycles. The lowest BCUT2D eigenvalue weighted by atomic mass is 10.1. The van der Waals surface area contributed by atoms with Gasteiger partial charge in [0, 0.05) is 6.61 Å². The molecule has 0 amide bonds. The molecule has 0 aliphatic carbocycles. The Morgan fingerprint density at radius 2 is 1.20 bits per heavy atom. The van der Waals surface area contributed by atoms with Gasteiger partial charge in [0.2, 0.25) is 0 Å². The van der Waals surface area contributed by atoms with Gasteiger partial charge in [-0.2, -0.15) is 0 Å². The maximum absolute atomic E-state index is 8.66. The lowest BCUT2D eigenvalue weighted by Crippen LogP contribution is -1.83. The van der Waals surface area contributed by atoms with E-state index in [1.54, 1.807) is 6.08 Å². The second-order valence-electron chi connectivity index (χ2n) is 5.07. The molecule has 0 aromatic heterocycles. The molecule has 0 rings (SSSR count). The van der Waals surface area contributed by atoms with E-state index in [9.17, 15) is 0 Å². The first-order valence-electron chi connectivity index (χ1n) is 8.10. The molecule has 0 heterocycles. The fourth-order valence-electron chi connectivity index (χ4n) is 2.00. The maximum atomic E-state index is 8.66. The number of unbranched alkanes of at least 4 members (excludes halogenated alkanes) is 7. The molecule has 0 saturated carbocycles. The minimum absolute atomic E-state index is 0.351. The number of hydrogen-bond donors (Lipinski definition) is 1. The van der Waals surface area contributed by atoms with Crippen LogP contribution < -0.4 is 0 Å². The zero-order valence-electron chi connectivity index (χ0n) is 13.0. The second kappa shape index (κ2) is 17.9. The van der Waals surface area contributed by atoms with E-state index in [4.69, 9.17) is 5.11 Å². The number of rotatable bonds is 14. The van der Waals surface area contributed by atoms with Gasteiger partial charge in [0.25, 0.3) is 0 Å². The van der Waals surface area contributed by atoms with Gasteiger partial charge in [0.05, 0.1) is 0 Å². The van der Waals surface area contributed by atoms with Crippen LogP contribution in [0.1, 0.15) is 64.2 Å². The van der Waals surface area contributed by atoms with Gasteiger partial charge in [-0.25, -0.2) is 0 Å². The van der Waals surface area contributed by atoms with Gasteiger partial charge in [0.15, 0.2) is 0 Å². The molecule has 0 aliphatic rings. The van der Waals surface area contributed by atoms with Crippen LogP contribution in [-0.4, -0.2) is 11.7 Å². The molecule has 1 nitrogen and oxygen atoms in total. The molecule has 114 valence electrons. The van der Waals surface area contributed by atoms with Crippen molar-refractivity contribution in [1.29, 1.82) is 0 Å². The summed E-state index contributed by atoms with van der Waals surface area (Å²) in [6.07, 6.45) is 26.9. The first-order chi connectivity index (χ1) is 9.91. The first kappa shape index (κ1) is 18.9. The van der Waals surface area contributed by atoms with Crippen molar-refractivity contribution in [3.63, 3.8) is 0 Å². The third-order valence-corrected chi connectivity index (χ3v) is 3.18. The molecule has 0 spiro atoms. The minimum Gasteiger partial charge on any atom is -0.396 e. The number of aliphatic hydroxyl groups is 1. The monoisotopic (exact) mass is 276 g/mol. The lowest BCUT2D eigenvalue weighted by molar-refractivity contribution is 0.282. The van der Waals surface area contributed by atoms with Crippen LogP contribution in [0.3, 0.4) is 0 Å². The normalized spacial score (nSPS) is 12.1. The highest BCUT2D eigenvalue weighted by Gasteiger charge is 1.90. The Labute approximate surface area is 125 Å². The predicted octanol–water partition coefficient (Wildman–Crippen LogP) is 5.73. The summed E-state index contributed by atoms with van der Waals surface area (Å²) in [7, 11) is 0. The van der Waals surface area contributed by atoms with E-state index in [1.165, 1.54) is 44.9 Å². The van der Waals surface area contributed by atoms with E-state index in [1.807, 2.05) is 6.08 Å². The van der Waals surface area contributed by atoms with Crippen LogP contribution >= 0.6 is 0 Å². The van der Waals surface area contributed by atoms with Gasteiger partial charge in [-0.05, 0) is 32.1 Å². The Hall–Kier alpha value is -1.08. The zero-order chi connectivity index (χ0) is 14.7. The van der Waals surface area contributed by atoms with Gasteiger partial charge in [-0.15, -0.1) is 0 Å². The Morgan fingerprint density at radius 1 is 0.650 bits per heavy atom. The summed E-state index contributed by atoms with van der Waals surface area (Å²) in [5.41, 5.74) is 0. The summed E-state index contributed by atoms with van der Waals surface area (Å²) in [5, 5.41) is 8.66. The van der Waals surface area contributed by atoms with Crippen molar-refractivity contribution >= 4 is 0 Å². The van der Waals surface area contributed by atoms with Crippen LogP contribution in [0.25, 0.3) is 0 Å². The van der Waals surface area contributed by atoms with E-state index in [2.05, 4.69) is 37.0 Å². The average molecular weight is 276 g/mol. The summed E-state index contributed by atoms with van der Waals surface area (Å²) in [4.78, 5) is 0. The summed E-state index contributed by atoms with van der Waals surface area (Å²) in [5.74, 6) is 0. The van der Waals surface area contributed by atoms with Gasteiger partial charge >= 0.3 is 0 Å². The Morgan fingerprint density at radius 3 is 1.85 bits per heavy atom. The number of allylic oxidation sites excluding steroid dienone is 7. The summed E-state index contributed by atoms with van der Waals surface area (Å²) >= 11 is 0. The largest absolute Gasteiger partial charge is 0.396 e. The van der Waals surface area contributed by atoms with E-state index in [0.717, 1.165) is 19.3 Å². The van der Waals surface area contributed by atoms with Gasteiger partial charge in [-0.3, -0.25) is 0 Å². The summed E-state index contributed by atoms with van der Waals surface area (Å²) < 4.78 is 0. The molecule has 0 aromatic rings. The smallest absolute Gasteiger partial charge is 0.0431 e. The summed E-state index contributed by atoms with van der Waals surface area (Å²) in [6.45, 7) is 3.99. The summed E-state index contributed by atoms with van der Waals surface area (Å²) in [6, 6.07) is 0. The van der Waals surface area contributed by atoms with Gasteiger partial charge < -0.3 is 5.11 Å². The molecule has 20 heavy (non-hydrogen) atoms. The molecule has 0 fully saturated rings. The average Bonchev–Trinajstić information content (AvgIpc) is 2.47. The topological polar surface area (TPSA) is 20.2 Å². The number of hydrogen-bond acceptors (Lipinski definition) is 1. The molecule has 0 atom stereocenters. The molecule has 1 N–H and O–H groups in total. The fourth-order valence-corrected chi connectivity index (χ4v) is 2.00. The van der Waals surface area contributed by atoms with Crippen molar-refractivity contribution in [2.45, 2.75) is 64.2 Å². The molecular weight excluding hydrogens is 244 g/mol. The third-order valence-electron chi connectivity index (χ3n) is 3.18. The minimum atomic E-state index is 0.351. The quantitative estimate of drug-likeness (QED) is 0.244. The highest BCUT2D eigenvalue weighted by molar-refractivity contribution is 5.02. The Balaban J connectivity index is 3.19. The molecule has 0 saturated heterocycles. The van der Waals surface area contributed by atoms with E-state index < -0.39 is 0 Å². The van der Waals surface area contributed by atoms with Crippen LogP contribution in [0.5, 0.6) is 0 Å². The van der Waals surface area contributed by atoms with Crippen molar-refractivity contribution in [3.8, 4) is 0 Å². The predicted molar refractivity (Wildman–Crippen MR) is 90.9 cm³/mol. The van der Waals surface area contributed by atoms with Crippen LogP contribution in [0, 0.1) is 0 Å².